The Labute approximate surface area is 154 Å². The van der Waals surface area contributed by atoms with E-state index in [4.69, 9.17) is 0 Å². The minimum absolute atomic E-state index is 0.0358. The lowest BCUT2D eigenvalue weighted by Crippen LogP contribution is -2.34. The maximum absolute atomic E-state index is 14.5. The molecule has 1 aliphatic heterocycles. The number of pyridine rings is 1. The molecule has 3 rings (SSSR count). The molecule has 6 nitrogen and oxygen atoms in total. The third-order valence-electron chi connectivity index (χ3n) is 4.22. The average Bonchev–Trinajstić information content (AvgIpc) is 2.60. The van der Waals surface area contributed by atoms with Crippen LogP contribution in [0.3, 0.4) is 0 Å². The van der Waals surface area contributed by atoms with E-state index in [2.05, 4.69) is 9.97 Å². The van der Waals surface area contributed by atoms with Crippen LogP contribution in [0.15, 0.2) is 22.2 Å². The van der Waals surface area contributed by atoms with Crippen LogP contribution in [0.25, 0.3) is 11.3 Å². The van der Waals surface area contributed by atoms with Gasteiger partial charge in [0.1, 0.15) is 17.4 Å². The Kier molecular flexibility index (Phi) is 4.86. The first kappa shape index (κ1) is 18.5. The molecular weight excluding hydrogens is 355 g/mol. The van der Waals surface area contributed by atoms with Gasteiger partial charge in [-0.15, -0.1) is 0 Å². The molecule has 0 aliphatic carbocycles. The summed E-state index contributed by atoms with van der Waals surface area (Å²) in [4.78, 5) is 21.3. The SMILES string of the molecule is CC(C)(C)c1ncc(-c2nc3n(c(=O)c2C#N)C[C@H](CO)CS3)cc1F. The molecule has 1 aliphatic rings. The van der Waals surface area contributed by atoms with Gasteiger partial charge >= 0.3 is 0 Å². The van der Waals surface area contributed by atoms with Crippen molar-refractivity contribution in [3.8, 4) is 17.3 Å². The van der Waals surface area contributed by atoms with Crippen LogP contribution in [0, 0.1) is 23.1 Å². The van der Waals surface area contributed by atoms with E-state index in [0.29, 0.717) is 28.7 Å². The topological polar surface area (TPSA) is 91.8 Å². The first-order chi connectivity index (χ1) is 12.3. The van der Waals surface area contributed by atoms with E-state index >= 15 is 0 Å². The number of nitrogens with zero attached hydrogens (tertiary/aromatic N) is 4. The Morgan fingerprint density at radius 3 is 2.81 bits per heavy atom. The number of aromatic nitrogens is 3. The van der Waals surface area contributed by atoms with E-state index in [-0.39, 0.29) is 23.8 Å². The largest absolute Gasteiger partial charge is 0.396 e. The summed E-state index contributed by atoms with van der Waals surface area (Å²) in [6.07, 6.45) is 1.45. The Morgan fingerprint density at radius 2 is 2.23 bits per heavy atom. The molecule has 2 aromatic rings. The first-order valence-electron chi connectivity index (χ1n) is 8.21. The van der Waals surface area contributed by atoms with E-state index in [1.165, 1.54) is 28.6 Å². The highest BCUT2D eigenvalue weighted by atomic mass is 32.2. The van der Waals surface area contributed by atoms with Gasteiger partial charge in [0.05, 0.1) is 11.4 Å². The standard InChI is InChI=1S/C18H19FN4O2S/c1-18(2,3)15-13(19)4-11(6-21-15)14-12(5-20)16(25)23-7-10(8-24)9-26-17(23)22-14/h4,6,10,24H,7-9H2,1-3H3/t10-/m1/s1. The van der Waals surface area contributed by atoms with Gasteiger partial charge in [0.15, 0.2) is 5.16 Å². The highest BCUT2D eigenvalue weighted by Gasteiger charge is 2.26. The second-order valence-electron chi connectivity index (χ2n) is 7.31. The van der Waals surface area contributed by atoms with Crippen molar-refractivity contribution in [1.82, 2.24) is 14.5 Å². The zero-order valence-corrected chi connectivity index (χ0v) is 15.6. The monoisotopic (exact) mass is 374 g/mol. The van der Waals surface area contributed by atoms with Crippen LogP contribution in [0.5, 0.6) is 0 Å². The summed E-state index contributed by atoms with van der Waals surface area (Å²) >= 11 is 1.34. The number of nitriles is 1. The maximum Gasteiger partial charge on any atom is 0.272 e. The molecule has 0 saturated carbocycles. The molecule has 2 aromatic heterocycles. The van der Waals surface area contributed by atoms with E-state index < -0.39 is 16.8 Å². The minimum atomic E-state index is -0.494. The summed E-state index contributed by atoms with van der Waals surface area (Å²) in [5.74, 6) is 0.0743. The maximum atomic E-state index is 14.5. The number of rotatable bonds is 2. The van der Waals surface area contributed by atoms with E-state index in [1.807, 2.05) is 26.8 Å². The van der Waals surface area contributed by atoms with Crippen LogP contribution in [0.2, 0.25) is 0 Å². The Balaban J connectivity index is 2.15. The van der Waals surface area contributed by atoms with Gasteiger partial charge in [-0.05, 0) is 6.07 Å². The highest BCUT2D eigenvalue weighted by molar-refractivity contribution is 7.99. The van der Waals surface area contributed by atoms with Gasteiger partial charge in [-0.3, -0.25) is 14.3 Å². The van der Waals surface area contributed by atoms with Crippen molar-refractivity contribution in [2.45, 2.75) is 37.9 Å². The molecular formula is C18H19FN4O2S. The fraction of sp³-hybridized carbons (Fsp3) is 0.444. The number of aliphatic hydroxyl groups is 1. The molecule has 1 atom stereocenters. The third-order valence-corrected chi connectivity index (χ3v) is 5.43. The summed E-state index contributed by atoms with van der Waals surface area (Å²) in [6, 6.07) is 3.17. The molecule has 0 unspecified atom stereocenters. The number of hydrogen-bond acceptors (Lipinski definition) is 6. The molecule has 0 amide bonds. The average molecular weight is 374 g/mol. The number of halogens is 1. The van der Waals surface area contributed by atoms with Crippen LogP contribution in [0.4, 0.5) is 4.39 Å². The fourth-order valence-corrected chi connectivity index (χ4v) is 3.91. The van der Waals surface area contributed by atoms with Gasteiger partial charge in [0.25, 0.3) is 5.56 Å². The van der Waals surface area contributed by atoms with Gasteiger partial charge < -0.3 is 5.11 Å². The quantitative estimate of drug-likeness (QED) is 0.811. The van der Waals surface area contributed by atoms with Gasteiger partial charge in [-0.25, -0.2) is 9.37 Å². The summed E-state index contributed by atoms with van der Waals surface area (Å²) in [6.45, 7) is 5.85. The van der Waals surface area contributed by atoms with Crippen LogP contribution in [-0.2, 0) is 12.0 Å². The fourth-order valence-electron chi connectivity index (χ4n) is 2.85. The lowest BCUT2D eigenvalue weighted by Gasteiger charge is -2.24. The molecule has 0 radical (unpaired) electrons. The van der Waals surface area contributed by atoms with E-state index in [9.17, 15) is 19.6 Å². The predicted molar refractivity (Wildman–Crippen MR) is 96.4 cm³/mol. The smallest absolute Gasteiger partial charge is 0.272 e. The number of aliphatic hydroxyl groups excluding tert-OH is 1. The Morgan fingerprint density at radius 1 is 1.50 bits per heavy atom. The molecule has 0 spiro atoms. The van der Waals surface area contributed by atoms with Crippen LogP contribution in [0.1, 0.15) is 32.0 Å². The molecule has 136 valence electrons. The summed E-state index contributed by atoms with van der Waals surface area (Å²) in [5, 5.41) is 19.3. The molecule has 26 heavy (non-hydrogen) atoms. The second kappa shape index (κ2) is 6.82. The summed E-state index contributed by atoms with van der Waals surface area (Å²) in [5.41, 5.74) is -0.313. The third kappa shape index (κ3) is 3.24. The van der Waals surface area contributed by atoms with Crippen LogP contribution in [-0.4, -0.2) is 32.0 Å². The molecule has 3 heterocycles. The lowest BCUT2D eigenvalue weighted by molar-refractivity contribution is 0.217. The summed E-state index contributed by atoms with van der Waals surface area (Å²) in [7, 11) is 0. The van der Waals surface area contributed by atoms with Crippen LogP contribution < -0.4 is 5.56 Å². The molecule has 0 bridgehead atoms. The van der Waals surface area contributed by atoms with Crippen molar-refractivity contribution < 1.29 is 9.50 Å². The normalized spacial score (nSPS) is 16.8. The zero-order valence-electron chi connectivity index (χ0n) is 14.8. The van der Waals surface area contributed by atoms with Crippen molar-refractivity contribution in [2.24, 2.45) is 5.92 Å². The number of thioether (sulfide) groups is 1. The van der Waals surface area contributed by atoms with Crippen LogP contribution >= 0.6 is 11.8 Å². The van der Waals surface area contributed by atoms with Gasteiger partial charge in [-0.2, -0.15) is 5.26 Å². The Bertz CT molecular complexity index is 959. The molecule has 0 saturated heterocycles. The molecule has 8 heteroatoms. The second-order valence-corrected chi connectivity index (χ2v) is 8.30. The predicted octanol–water partition coefficient (Wildman–Crippen LogP) is 2.33. The zero-order chi connectivity index (χ0) is 19.1. The molecule has 1 N–H and O–H groups in total. The number of hydrogen-bond donors (Lipinski definition) is 1. The van der Waals surface area contributed by atoms with E-state index in [0.717, 1.165) is 0 Å². The van der Waals surface area contributed by atoms with Gasteiger partial charge in [-0.1, -0.05) is 32.5 Å². The van der Waals surface area contributed by atoms with Crippen molar-refractivity contribution in [3.05, 3.63) is 39.7 Å². The summed E-state index contributed by atoms with van der Waals surface area (Å²) < 4.78 is 15.9. The van der Waals surface area contributed by atoms with Crippen molar-refractivity contribution in [2.75, 3.05) is 12.4 Å². The van der Waals surface area contributed by atoms with Gasteiger partial charge in [0, 0.05) is 42.0 Å². The Hall–Kier alpha value is -2.24. The van der Waals surface area contributed by atoms with E-state index in [1.54, 1.807) is 0 Å². The molecule has 0 fully saturated rings. The molecule has 0 aromatic carbocycles. The van der Waals surface area contributed by atoms with Crippen molar-refractivity contribution >= 4 is 11.8 Å². The first-order valence-corrected chi connectivity index (χ1v) is 9.19. The van der Waals surface area contributed by atoms with Crippen molar-refractivity contribution in [3.63, 3.8) is 0 Å². The minimum Gasteiger partial charge on any atom is -0.396 e. The van der Waals surface area contributed by atoms with Gasteiger partial charge in [0.2, 0.25) is 0 Å². The highest BCUT2D eigenvalue weighted by Crippen LogP contribution is 2.30. The number of fused-ring (bicyclic) bond motifs is 1. The lowest BCUT2D eigenvalue weighted by atomic mass is 9.90. The van der Waals surface area contributed by atoms with Crippen molar-refractivity contribution in [1.29, 1.82) is 5.26 Å².